The van der Waals surface area contributed by atoms with Gasteiger partial charge >= 0.3 is 0 Å². The molecule has 0 saturated carbocycles. The first kappa shape index (κ1) is 59.1. The van der Waals surface area contributed by atoms with E-state index in [1.807, 2.05) is 106 Å². The van der Waals surface area contributed by atoms with Gasteiger partial charge in [0, 0.05) is 82.8 Å². The third-order valence-corrected chi connectivity index (χ3v) is 17.4. The first-order valence-corrected chi connectivity index (χ1v) is 29.6. The lowest BCUT2D eigenvalue weighted by Gasteiger charge is -2.39. The number of hydrogen-bond donors (Lipinski definition) is 6. The number of aliphatic hydroxyl groups is 1. The van der Waals surface area contributed by atoms with Crippen molar-refractivity contribution >= 4 is 69.3 Å². The molecule has 2 aromatic carbocycles. The fourth-order valence-corrected chi connectivity index (χ4v) is 12.1. The van der Waals surface area contributed by atoms with Gasteiger partial charge in [-0.1, -0.05) is 101 Å². The fourth-order valence-electron chi connectivity index (χ4n) is 11.2. The van der Waals surface area contributed by atoms with Gasteiger partial charge in [0.05, 0.1) is 45.2 Å². The Morgan fingerprint density at radius 3 is 2.15 bits per heavy atom. The number of aromatic nitrogens is 4. The van der Waals surface area contributed by atoms with E-state index in [2.05, 4.69) is 45.7 Å². The number of unbranched alkanes of at least 4 members (excludes halogenated alkanes) is 6. The van der Waals surface area contributed by atoms with Crippen molar-refractivity contribution in [1.29, 1.82) is 0 Å². The predicted octanol–water partition coefficient (Wildman–Crippen LogP) is 7.61. The number of H-pyrrole nitrogens is 1. The number of likely N-dealkylation sites (tertiary alicyclic amines) is 1. The monoisotopic (exact) mass is 1120 g/mol. The topological polar surface area (TPSA) is 235 Å². The van der Waals surface area contributed by atoms with Crippen LogP contribution in [0, 0.1) is 12.3 Å². The van der Waals surface area contributed by atoms with Crippen molar-refractivity contribution in [2.24, 2.45) is 11.1 Å². The van der Waals surface area contributed by atoms with E-state index < -0.39 is 29.1 Å². The summed E-state index contributed by atoms with van der Waals surface area (Å²) in [5, 5.41) is 21.6. The number of amides is 5. The summed E-state index contributed by atoms with van der Waals surface area (Å²) in [5.41, 5.74) is 11.7. The smallest absolute Gasteiger partial charge is 0.246 e. The van der Waals surface area contributed by atoms with Crippen LogP contribution in [0.25, 0.3) is 21.5 Å². The summed E-state index contributed by atoms with van der Waals surface area (Å²) < 4.78 is 0. The number of aryl methyl sites for hydroxylation is 1. The molecule has 3 aliphatic rings. The molecule has 79 heavy (non-hydrogen) atoms. The summed E-state index contributed by atoms with van der Waals surface area (Å²) in [6.07, 6.45) is 11.5. The number of piperazine rings is 1. The molecule has 8 rings (SSSR count). The second-order valence-corrected chi connectivity index (χ2v) is 24.3. The van der Waals surface area contributed by atoms with Gasteiger partial charge in [0.15, 0.2) is 0 Å². The number of anilines is 1. The number of nitrogens with two attached hydrogens (primary N) is 1. The molecule has 3 aliphatic heterocycles. The van der Waals surface area contributed by atoms with Crippen LogP contribution in [-0.4, -0.2) is 145 Å². The molecular formula is C59H81ClN12O6S. The first-order valence-electron chi connectivity index (χ1n) is 28.3. The van der Waals surface area contributed by atoms with Crippen molar-refractivity contribution in [3.05, 3.63) is 94.5 Å². The molecule has 0 spiro atoms. The molecule has 5 aromatic rings. The molecule has 6 heterocycles. The van der Waals surface area contributed by atoms with E-state index in [0.29, 0.717) is 63.3 Å². The molecule has 3 saturated heterocycles. The van der Waals surface area contributed by atoms with Crippen LogP contribution in [0.1, 0.15) is 140 Å². The molecular weight excluding hydrogens is 1040 g/mol. The van der Waals surface area contributed by atoms with E-state index in [4.69, 9.17) is 17.3 Å². The number of aliphatic hydroxyl groups excluding tert-OH is 1. The molecule has 0 unspecified atom stereocenters. The molecule has 5 amide bonds. The van der Waals surface area contributed by atoms with E-state index >= 15 is 0 Å². The van der Waals surface area contributed by atoms with Gasteiger partial charge in [-0.05, 0) is 86.3 Å². The Bertz CT molecular complexity index is 2840. The lowest BCUT2D eigenvalue weighted by molar-refractivity contribution is -0.144. The molecule has 0 aliphatic carbocycles. The Kier molecular flexibility index (Phi) is 20.2. The van der Waals surface area contributed by atoms with Crippen molar-refractivity contribution in [2.45, 2.75) is 154 Å². The Balaban J connectivity index is 0.695. The van der Waals surface area contributed by atoms with Gasteiger partial charge < -0.3 is 46.5 Å². The van der Waals surface area contributed by atoms with Crippen LogP contribution in [0.4, 0.5) is 5.82 Å². The fraction of sp³-hybridized carbons (Fsp3) is 0.559. The van der Waals surface area contributed by atoms with E-state index in [1.165, 1.54) is 4.90 Å². The number of rotatable bonds is 23. The number of carbonyl (C=O) groups excluding carboxylic acids is 5. The lowest BCUT2D eigenvalue weighted by Crippen LogP contribution is -2.60. The van der Waals surface area contributed by atoms with Gasteiger partial charge in [-0.15, -0.1) is 11.3 Å². The summed E-state index contributed by atoms with van der Waals surface area (Å²) in [6.45, 7) is 14.4. The van der Waals surface area contributed by atoms with Crippen LogP contribution in [0.15, 0.2) is 72.6 Å². The molecule has 3 aromatic heterocycles. The number of nitrogens with zero attached hydrogens (tertiary/aromatic N) is 7. The van der Waals surface area contributed by atoms with Gasteiger partial charge in [-0.25, -0.2) is 15.0 Å². The van der Waals surface area contributed by atoms with E-state index in [1.54, 1.807) is 17.7 Å². The summed E-state index contributed by atoms with van der Waals surface area (Å²) >= 11 is 7.84. The third-order valence-electron chi connectivity index (χ3n) is 16.1. The second-order valence-electron chi connectivity index (χ2n) is 23.0. The SMILES string of the molecule is Cc1ncsc1-c1ccc([C@H](C)NC(=O)[C@@H]2C[C@@H](O)CN2C(=O)[C@@H](NC(=O)CCCCCCCCCC(=O)N2CCN(CC[C@H](NC(=O)C3(N)CCN(c4ncnc5[nH]ccc45)CC3)c3ccc(Cl)cc3)CC2)C(C)(C)C)cc1. The molecule has 0 bridgehead atoms. The second kappa shape index (κ2) is 27.0. The summed E-state index contributed by atoms with van der Waals surface area (Å²) in [6, 6.07) is 15.2. The predicted molar refractivity (Wildman–Crippen MR) is 310 cm³/mol. The highest BCUT2D eigenvalue weighted by Crippen LogP contribution is 2.32. The Morgan fingerprint density at radius 2 is 1.49 bits per heavy atom. The largest absolute Gasteiger partial charge is 0.391 e. The Morgan fingerprint density at radius 1 is 0.835 bits per heavy atom. The van der Waals surface area contributed by atoms with Gasteiger partial charge in [0.2, 0.25) is 29.5 Å². The van der Waals surface area contributed by atoms with Gasteiger partial charge in [0.1, 0.15) is 29.9 Å². The number of β-amino-alcohol motifs (C(OH)–C–C–N with tert-alkyl or cyclic N) is 1. The summed E-state index contributed by atoms with van der Waals surface area (Å²) in [5.74, 6) is -0.0561. The van der Waals surface area contributed by atoms with Crippen LogP contribution < -0.4 is 26.6 Å². The van der Waals surface area contributed by atoms with E-state index in [-0.39, 0.29) is 61.0 Å². The lowest BCUT2D eigenvalue weighted by atomic mass is 9.85. The maximum Gasteiger partial charge on any atom is 0.246 e. The third kappa shape index (κ3) is 15.5. The molecule has 3 fully saturated rings. The maximum atomic E-state index is 14.2. The molecule has 7 N–H and O–H groups in total. The molecule has 426 valence electrons. The highest BCUT2D eigenvalue weighted by molar-refractivity contribution is 7.13. The number of carbonyl (C=O) groups is 5. The van der Waals surface area contributed by atoms with E-state index in [0.717, 1.165) is 102 Å². The quantitative estimate of drug-likeness (QED) is 0.0347. The number of halogens is 1. The maximum absolute atomic E-state index is 14.2. The first-order chi connectivity index (χ1) is 37.9. The van der Waals surface area contributed by atoms with Crippen molar-refractivity contribution in [1.82, 2.24) is 50.6 Å². The zero-order chi connectivity index (χ0) is 56.3. The molecule has 0 radical (unpaired) electrons. The molecule has 18 nitrogen and oxygen atoms in total. The van der Waals surface area contributed by atoms with Crippen LogP contribution in [0.3, 0.4) is 0 Å². The van der Waals surface area contributed by atoms with Crippen molar-refractivity contribution in [2.75, 3.05) is 57.3 Å². The highest BCUT2D eigenvalue weighted by Gasteiger charge is 2.45. The van der Waals surface area contributed by atoms with Crippen LogP contribution in [0.2, 0.25) is 5.02 Å². The number of piperidine rings is 1. The zero-order valence-corrected chi connectivity index (χ0v) is 48.2. The molecule has 20 heteroatoms. The summed E-state index contributed by atoms with van der Waals surface area (Å²) in [7, 11) is 0. The Hall–Kier alpha value is -5.99. The average molecular weight is 1120 g/mol. The molecule has 5 atom stereocenters. The van der Waals surface area contributed by atoms with Crippen molar-refractivity contribution < 1.29 is 29.1 Å². The number of nitrogens with one attached hydrogen (secondary N) is 4. The minimum absolute atomic E-state index is 0.0172. The van der Waals surface area contributed by atoms with Crippen LogP contribution in [0.5, 0.6) is 0 Å². The van der Waals surface area contributed by atoms with Crippen molar-refractivity contribution in [3.63, 3.8) is 0 Å². The number of thiazole rings is 1. The zero-order valence-electron chi connectivity index (χ0n) is 46.6. The van der Waals surface area contributed by atoms with Gasteiger partial charge in [0.25, 0.3) is 0 Å². The number of fused-ring (bicyclic) bond motifs is 1. The standard InChI is InChI=1S/C59H81ClN12O6S/c1-39(41-15-17-43(18-16-41)51-40(2)65-38-79-51)66-55(76)48-35-45(73)36-72(48)56(77)52(58(3,4)5)68-49(74)13-11-9-7-6-8-10-12-14-50(75)70-33-31-69(32-34-70)28-24-47(42-19-21-44(60)22-20-42)67-57(78)59(61)25-29-71(30-26-59)54-46-23-27-62-53(46)63-37-64-54/h15-23,27,37-39,45,47-48,52,73H,6-14,24-26,28-36,61H2,1-5H3,(H,66,76)(H,67,78)(H,68,74)(H,62,63,64)/t39-,45+,47-,48-,52+/m0/s1. The average Bonchev–Trinajstić information content (AvgIpc) is 4.23. The van der Waals surface area contributed by atoms with Crippen molar-refractivity contribution in [3.8, 4) is 10.4 Å². The van der Waals surface area contributed by atoms with Crippen LogP contribution >= 0.6 is 22.9 Å². The Labute approximate surface area is 474 Å². The van der Waals surface area contributed by atoms with Crippen LogP contribution in [-0.2, 0) is 24.0 Å². The number of hydrogen-bond acceptors (Lipinski definition) is 13. The number of benzene rings is 2. The van der Waals surface area contributed by atoms with Gasteiger partial charge in [-0.2, -0.15) is 0 Å². The van der Waals surface area contributed by atoms with E-state index in [9.17, 15) is 29.1 Å². The minimum atomic E-state index is -1.02. The number of aromatic amines is 1. The van der Waals surface area contributed by atoms with Gasteiger partial charge in [-0.3, -0.25) is 28.9 Å². The normalized spacial score (nSPS) is 19.0. The minimum Gasteiger partial charge on any atom is -0.391 e. The highest BCUT2D eigenvalue weighted by atomic mass is 35.5. The summed E-state index contributed by atoms with van der Waals surface area (Å²) in [4.78, 5) is 93.7.